The quantitative estimate of drug-likeness (QED) is 0.383. The number of aromatic nitrogens is 4. The van der Waals surface area contributed by atoms with Crippen LogP contribution in [0.4, 0.5) is 5.95 Å². The first kappa shape index (κ1) is 24.0. The zero-order valence-corrected chi connectivity index (χ0v) is 20.9. The van der Waals surface area contributed by atoms with Gasteiger partial charge in [0.25, 0.3) is 5.89 Å². The Bertz CT molecular complexity index is 1300. The highest BCUT2D eigenvalue weighted by Gasteiger charge is 2.34. The number of nitrogens with zero attached hydrogens (tertiary/aromatic N) is 5. The highest BCUT2D eigenvalue weighted by molar-refractivity contribution is 6.30. The van der Waals surface area contributed by atoms with Gasteiger partial charge in [0.1, 0.15) is 6.42 Å². The van der Waals surface area contributed by atoms with Crippen LogP contribution in [0.3, 0.4) is 0 Å². The number of anilines is 1. The molecule has 6 rings (SSSR count). The van der Waals surface area contributed by atoms with Crippen LogP contribution in [0.25, 0.3) is 17.0 Å². The SMILES string of the molecule is O=C(Cc1nnc(-c2cnc(NC3CC=C(c4cccc(Cl)c4)CC3)nc2)o1)N1CCC2NNNC2C1. The molecule has 12 heteroatoms. The number of rotatable bonds is 6. The molecule has 0 radical (unpaired) electrons. The average Bonchev–Trinajstić information content (AvgIpc) is 3.59. The van der Waals surface area contributed by atoms with E-state index >= 15 is 0 Å². The molecule has 3 aliphatic rings. The Kier molecular flexibility index (Phi) is 6.83. The van der Waals surface area contributed by atoms with Crippen LogP contribution >= 0.6 is 11.6 Å². The fourth-order valence-corrected chi connectivity index (χ4v) is 5.21. The van der Waals surface area contributed by atoms with Crippen molar-refractivity contribution in [3.8, 4) is 11.5 Å². The third-order valence-electron chi connectivity index (χ3n) is 7.09. The minimum atomic E-state index is -0.0294. The van der Waals surface area contributed by atoms with Crippen molar-refractivity contribution < 1.29 is 9.21 Å². The van der Waals surface area contributed by atoms with Gasteiger partial charge in [-0.1, -0.05) is 29.8 Å². The summed E-state index contributed by atoms with van der Waals surface area (Å²) in [5, 5.41) is 12.3. The van der Waals surface area contributed by atoms with E-state index in [0.29, 0.717) is 36.5 Å². The van der Waals surface area contributed by atoms with Crippen LogP contribution in [0.1, 0.15) is 37.1 Å². The largest absolute Gasteiger partial charge is 0.420 e. The molecule has 11 nitrogen and oxygen atoms in total. The number of hydrazine groups is 2. The molecule has 2 saturated heterocycles. The average molecular weight is 522 g/mol. The van der Waals surface area contributed by atoms with Crippen molar-refractivity contribution in [3.63, 3.8) is 0 Å². The van der Waals surface area contributed by atoms with E-state index in [1.807, 2.05) is 23.1 Å². The molecule has 1 aliphatic carbocycles. The number of halogens is 1. The number of benzene rings is 1. The lowest BCUT2D eigenvalue weighted by Crippen LogP contribution is -2.52. The minimum absolute atomic E-state index is 0.0294. The predicted molar refractivity (Wildman–Crippen MR) is 138 cm³/mol. The first-order valence-corrected chi connectivity index (χ1v) is 12.9. The molecule has 0 saturated carbocycles. The Hall–Kier alpha value is -3.38. The van der Waals surface area contributed by atoms with Crippen LogP contribution in [0, 0.1) is 0 Å². The highest BCUT2D eigenvalue weighted by Crippen LogP contribution is 2.29. The number of allylic oxidation sites excluding steroid dienone is 1. The van der Waals surface area contributed by atoms with Crippen molar-refractivity contribution in [1.82, 2.24) is 41.5 Å². The summed E-state index contributed by atoms with van der Waals surface area (Å²) in [7, 11) is 0. The summed E-state index contributed by atoms with van der Waals surface area (Å²) in [5.74, 6) is 1.10. The van der Waals surface area contributed by atoms with Crippen LogP contribution in [0.15, 0.2) is 47.2 Å². The Morgan fingerprint density at radius 3 is 2.81 bits per heavy atom. The number of amides is 1. The van der Waals surface area contributed by atoms with Crippen molar-refractivity contribution in [3.05, 3.63) is 59.2 Å². The van der Waals surface area contributed by atoms with Crippen LogP contribution in [0.5, 0.6) is 0 Å². The van der Waals surface area contributed by atoms with Gasteiger partial charge in [0.2, 0.25) is 17.7 Å². The number of fused-ring (bicyclic) bond motifs is 1. The van der Waals surface area contributed by atoms with E-state index in [2.05, 4.69) is 54.0 Å². The molecule has 4 heterocycles. The summed E-state index contributed by atoms with van der Waals surface area (Å²) in [6, 6.07) is 8.75. The van der Waals surface area contributed by atoms with Crippen molar-refractivity contribution in [2.45, 2.75) is 50.2 Å². The molecule has 4 N–H and O–H groups in total. The van der Waals surface area contributed by atoms with Crippen LogP contribution in [0.2, 0.25) is 5.02 Å². The highest BCUT2D eigenvalue weighted by atomic mass is 35.5. The molecule has 192 valence electrons. The molecule has 37 heavy (non-hydrogen) atoms. The van der Waals surface area contributed by atoms with Crippen molar-refractivity contribution in [1.29, 1.82) is 0 Å². The maximum atomic E-state index is 12.7. The molecule has 2 aromatic heterocycles. The lowest BCUT2D eigenvalue weighted by atomic mass is 9.91. The van der Waals surface area contributed by atoms with E-state index in [9.17, 15) is 4.79 Å². The molecule has 3 aromatic rings. The van der Waals surface area contributed by atoms with Gasteiger partial charge in [-0.2, -0.15) is 5.53 Å². The summed E-state index contributed by atoms with van der Waals surface area (Å²) in [4.78, 5) is 23.4. The molecule has 0 spiro atoms. The molecule has 1 aromatic carbocycles. The Labute approximate surface area is 219 Å². The van der Waals surface area contributed by atoms with E-state index in [0.717, 1.165) is 30.7 Å². The molecular weight excluding hydrogens is 494 g/mol. The fourth-order valence-electron chi connectivity index (χ4n) is 5.02. The van der Waals surface area contributed by atoms with E-state index in [-0.39, 0.29) is 30.3 Å². The summed E-state index contributed by atoms with van der Waals surface area (Å²) in [6.45, 7) is 1.32. The third-order valence-corrected chi connectivity index (χ3v) is 7.32. The summed E-state index contributed by atoms with van der Waals surface area (Å²) >= 11 is 6.13. The monoisotopic (exact) mass is 521 g/mol. The maximum absolute atomic E-state index is 12.7. The molecule has 2 fully saturated rings. The summed E-state index contributed by atoms with van der Waals surface area (Å²) in [5.41, 5.74) is 12.3. The van der Waals surface area contributed by atoms with Gasteiger partial charge in [-0.05, 0) is 49.0 Å². The summed E-state index contributed by atoms with van der Waals surface area (Å²) in [6.07, 6.45) is 9.33. The Morgan fingerprint density at radius 1 is 1.14 bits per heavy atom. The summed E-state index contributed by atoms with van der Waals surface area (Å²) < 4.78 is 5.74. The standard InChI is InChI=1S/C25H28ClN9O2/c26-18-3-1-2-16(10-18)15-4-6-19(7-5-15)29-25-27-12-17(13-28-25)24-33-32-22(37-24)11-23(36)35-9-8-20-21(14-35)31-34-30-20/h1-4,10,12-13,19-21,30-31,34H,5-9,11,14H2,(H,27,28,29). The van der Waals surface area contributed by atoms with Crippen molar-refractivity contribution >= 4 is 29.0 Å². The number of carbonyl (C=O) groups is 1. The van der Waals surface area contributed by atoms with Crippen LogP contribution in [-0.2, 0) is 11.2 Å². The first-order chi connectivity index (χ1) is 18.1. The lowest BCUT2D eigenvalue weighted by Gasteiger charge is -2.33. The smallest absolute Gasteiger partial charge is 0.250 e. The van der Waals surface area contributed by atoms with E-state index in [1.165, 1.54) is 11.1 Å². The van der Waals surface area contributed by atoms with Crippen LogP contribution < -0.4 is 21.7 Å². The minimum Gasteiger partial charge on any atom is -0.420 e. The number of hydrogen-bond donors (Lipinski definition) is 4. The van der Waals surface area contributed by atoms with Gasteiger partial charge in [-0.15, -0.1) is 10.2 Å². The number of hydrogen-bond acceptors (Lipinski definition) is 10. The van der Waals surface area contributed by atoms with E-state index in [1.54, 1.807) is 12.4 Å². The molecule has 3 unspecified atom stereocenters. The van der Waals surface area contributed by atoms with Crippen molar-refractivity contribution in [2.75, 3.05) is 18.4 Å². The van der Waals surface area contributed by atoms with Gasteiger partial charge in [-0.25, -0.2) is 20.8 Å². The predicted octanol–water partition coefficient (Wildman–Crippen LogP) is 2.35. The fraction of sp³-hybridized carbons (Fsp3) is 0.400. The normalized spacial score (nSPS) is 23.4. The van der Waals surface area contributed by atoms with Crippen molar-refractivity contribution in [2.24, 2.45) is 0 Å². The zero-order valence-electron chi connectivity index (χ0n) is 20.2. The maximum Gasteiger partial charge on any atom is 0.250 e. The van der Waals surface area contributed by atoms with E-state index in [4.69, 9.17) is 16.0 Å². The Morgan fingerprint density at radius 2 is 2.00 bits per heavy atom. The molecule has 0 bridgehead atoms. The Balaban J connectivity index is 1.02. The number of piperidine rings is 1. The topological polar surface area (TPSA) is 133 Å². The van der Waals surface area contributed by atoms with Gasteiger partial charge in [0, 0.05) is 42.6 Å². The zero-order chi connectivity index (χ0) is 25.2. The van der Waals surface area contributed by atoms with Gasteiger partial charge in [0.05, 0.1) is 11.6 Å². The van der Waals surface area contributed by atoms with Gasteiger partial charge < -0.3 is 14.6 Å². The molecule has 3 atom stereocenters. The lowest BCUT2D eigenvalue weighted by molar-refractivity contribution is -0.132. The van der Waals surface area contributed by atoms with Crippen LogP contribution in [-0.4, -0.2) is 62.2 Å². The van der Waals surface area contributed by atoms with Gasteiger partial charge in [-0.3, -0.25) is 4.79 Å². The van der Waals surface area contributed by atoms with Gasteiger partial charge in [0.15, 0.2) is 0 Å². The number of likely N-dealkylation sites (tertiary alicyclic amines) is 1. The molecular formula is C25H28ClN9O2. The number of carbonyl (C=O) groups excluding carboxylic acids is 1. The first-order valence-electron chi connectivity index (χ1n) is 12.5. The van der Waals surface area contributed by atoms with E-state index < -0.39 is 0 Å². The third kappa shape index (κ3) is 5.49. The second kappa shape index (κ2) is 10.5. The second-order valence-corrected chi connectivity index (χ2v) is 10.0. The van der Waals surface area contributed by atoms with Gasteiger partial charge >= 0.3 is 0 Å². The molecule has 2 aliphatic heterocycles. The molecule has 1 amide bonds. The number of nitrogens with one attached hydrogen (secondary N) is 4. The second-order valence-electron chi connectivity index (χ2n) is 9.58.